The number of thiophene rings is 2. The van der Waals surface area contributed by atoms with Gasteiger partial charge in [-0.25, -0.2) is 0 Å². The van der Waals surface area contributed by atoms with E-state index in [4.69, 9.17) is 0 Å². The van der Waals surface area contributed by atoms with Gasteiger partial charge in [-0.15, -0.1) is 22.7 Å². The molecule has 8 heteroatoms. The number of nitrogens with zero attached hydrogens (tertiary/aromatic N) is 3. The molecule has 0 atom stereocenters. The van der Waals surface area contributed by atoms with Crippen LogP contribution in [-0.4, -0.2) is 9.13 Å². The van der Waals surface area contributed by atoms with Gasteiger partial charge in [-0.3, -0.25) is 0 Å². The van der Waals surface area contributed by atoms with Gasteiger partial charge in [0.25, 0.3) is 0 Å². The molecule has 0 aliphatic rings. The minimum Gasteiger partial charge on any atom is -0.307 e. The number of hydrogen-bond donors (Lipinski definition) is 0. The maximum atomic E-state index is 16.6. The number of rotatable bonds is 3. The van der Waals surface area contributed by atoms with Gasteiger partial charge in [0.05, 0.1) is 54.5 Å². The van der Waals surface area contributed by atoms with Gasteiger partial charge in [-0.05, 0) is 59.7 Å². The Kier molecular flexibility index (Phi) is 6.90. The van der Waals surface area contributed by atoms with Crippen LogP contribution < -0.4 is 0 Å². The molecule has 58 heavy (non-hydrogen) atoms. The number of hydrogen-bond acceptors (Lipinski definition) is 3. The fourth-order valence-electron chi connectivity index (χ4n) is 9.15. The second kappa shape index (κ2) is 12.0. The Labute approximate surface area is 336 Å². The minimum atomic E-state index is -4.80. The number of para-hydroxylation sites is 2. The first-order valence-electron chi connectivity index (χ1n) is 18.8. The van der Waals surface area contributed by atoms with Gasteiger partial charge in [0, 0.05) is 52.5 Å². The first-order valence-corrected chi connectivity index (χ1v) is 20.4. The molecular formula is C50H26F3N3S2. The molecule has 0 aliphatic carbocycles. The number of alkyl halides is 3. The summed E-state index contributed by atoms with van der Waals surface area (Å²) in [5.41, 5.74) is 3.76. The van der Waals surface area contributed by atoms with Gasteiger partial charge in [0.2, 0.25) is 0 Å². The summed E-state index contributed by atoms with van der Waals surface area (Å²) in [6.07, 6.45) is -4.80. The quantitative estimate of drug-likeness (QED) is 0.175. The predicted octanol–water partition coefficient (Wildman–Crippen LogP) is 15.2. The third kappa shape index (κ3) is 4.60. The van der Waals surface area contributed by atoms with Crippen LogP contribution in [0.3, 0.4) is 0 Å². The highest BCUT2D eigenvalue weighted by Crippen LogP contribution is 2.50. The second-order valence-electron chi connectivity index (χ2n) is 14.7. The van der Waals surface area contributed by atoms with Crippen LogP contribution in [0.1, 0.15) is 11.1 Å². The van der Waals surface area contributed by atoms with Crippen molar-refractivity contribution in [3.63, 3.8) is 0 Å². The molecule has 0 fully saturated rings. The fraction of sp³-hybridized carbons (Fsp3) is 0.0200. The van der Waals surface area contributed by atoms with Gasteiger partial charge in [0.1, 0.15) is 5.56 Å². The molecule has 0 radical (unpaired) electrons. The maximum absolute atomic E-state index is 16.6. The lowest BCUT2D eigenvalue weighted by molar-refractivity contribution is -0.137. The van der Waals surface area contributed by atoms with E-state index in [1.165, 1.54) is 0 Å². The van der Waals surface area contributed by atoms with Crippen molar-refractivity contribution in [2.75, 3.05) is 0 Å². The molecule has 0 N–H and O–H groups in total. The normalized spacial score (nSPS) is 12.4. The van der Waals surface area contributed by atoms with Crippen LogP contribution in [0.15, 0.2) is 158 Å². The van der Waals surface area contributed by atoms with Crippen molar-refractivity contribution in [1.29, 1.82) is 5.26 Å². The van der Waals surface area contributed by atoms with Gasteiger partial charge in [-0.2, -0.15) is 18.4 Å². The van der Waals surface area contributed by atoms with Crippen molar-refractivity contribution in [3.05, 3.63) is 169 Å². The summed E-state index contributed by atoms with van der Waals surface area (Å²) in [6.45, 7) is 0. The van der Waals surface area contributed by atoms with Crippen LogP contribution in [0.2, 0.25) is 0 Å². The number of aromatic nitrogens is 2. The summed E-state index contributed by atoms with van der Waals surface area (Å²) in [5.74, 6) is 0. The fourth-order valence-corrected chi connectivity index (χ4v) is 11.6. The highest BCUT2D eigenvalue weighted by Gasteiger charge is 2.40. The summed E-state index contributed by atoms with van der Waals surface area (Å²) in [7, 11) is 0. The molecule has 12 aromatic rings. The van der Waals surface area contributed by atoms with Crippen LogP contribution in [0.5, 0.6) is 0 Å². The zero-order valence-corrected chi connectivity index (χ0v) is 31.9. The number of benzene rings is 8. The van der Waals surface area contributed by atoms with Crippen molar-refractivity contribution in [2.24, 2.45) is 0 Å². The Bertz CT molecular complexity index is 3550. The topological polar surface area (TPSA) is 33.6 Å². The lowest BCUT2D eigenvalue weighted by Gasteiger charge is -2.23. The van der Waals surface area contributed by atoms with Crippen LogP contribution in [0.4, 0.5) is 13.2 Å². The average Bonchev–Trinajstić information content (AvgIpc) is 4.00. The monoisotopic (exact) mass is 789 g/mol. The van der Waals surface area contributed by atoms with Gasteiger partial charge >= 0.3 is 6.18 Å². The van der Waals surface area contributed by atoms with E-state index in [0.29, 0.717) is 27.7 Å². The van der Waals surface area contributed by atoms with E-state index in [1.54, 1.807) is 53.0 Å². The van der Waals surface area contributed by atoms with E-state index in [-0.39, 0.29) is 11.4 Å². The van der Waals surface area contributed by atoms with Gasteiger partial charge < -0.3 is 9.13 Å². The van der Waals surface area contributed by atoms with Crippen LogP contribution in [0.25, 0.3) is 106 Å². The Morgan fingerprint density at radius 2 is 0.914 bits per heavy atom. The SMILES string of the molecule is N#Cc1cccc(-c2cc(-n3c4ccccc4c4ccc5c6ccccc6sc5c43)c(C(F)(F)F)c(-n3c4ccccc4c4ccc5c6ccccc6sc5c43)c2)c1. The van der Waals surface area contributed by atoms with E-state index >= 15 is 13.2 Å². The zero-order valence-electron chi connectivity index (χ0n) is 30.3. The molecule has 0 unspecified atom stereocenters. The maximum Gasteiger partial charge on any atom is 0.420 e. The highest BCUT2D eigenvalue weighted by atomic mass is 32.1. The minimum absolute atomic E-state index is 0.0213. The van der Waals surface area contributed by atoms with Crippen LogP contribution >= 0.6 is 22.7 Å². The van der Waals surface area contributed by atoms with E-state index in [2.05, 4.69) is 54.6 Å². The van der Waals surface area contributed by atoms with E-state index in [0.717, 1.165) is 72.9 Å². The Balaban J connectivity index is 1.32. The summed E-state index contributed by atoms with van der Waals surface area (Å²) >= 11 is 3.20. The van der Waals surface area contributed by atoms with E-state index < -0.39 is 11.7 Å². The van der Waals surface area contributed by atoms with Gasteiger partial charge in [-0.1, -0.05) is 109 Å². The number of fused-ring (bicyclic) bond motifs is 14. The standard InChI is InChI=1S/C50H26F3N3S2/c51-50(52,53)45-41(55-39-16-5-1-12-31(39)35-20-22-37-33-14-3-7-18-43(33)57-48(37)46(35)55)25-30(29-11-9-10-28(24-29)27-54)26-42(45)56-40-17-6-2-13-32(40)36-21-23-38-34-15-4-8-19-44(34)58-49(38)47(36)56/h1-26H. The average molecular weight is 790 g/mol. The molecular weight excluding hydrogens is 764 g/mol. The second-order valence-corrected chi connectivity index (χ2v) is 16.8. The van der Waals surface area contributed by atoms with Crippen molar-refractivity contribution in [2.45, 2.75) is 6.18 Å². The zero-order chi connectivity index (χ0) is 38.9. The van der Waals surface area contributed by atoms with Crippen molar-refractivity contribution < 1.29 is 13.2 Å². The van der Waals surface area contributed by atoms with Crippen LogP contribution in [-0.2, 0) is 6.18 Å². The summed E-state index contributed by atoms with van der Waals surface area (Å²) < 4.78 is 57.6. The number of halogens is 3. The number of nitriles is 1. The third-order valence-corrected chi connectivity index (χ3v) is 13.9. The molecule has 0 bridgehead atoms. The molecule has 4 heterocycles. The first kappa shape index (κ1) is 33.2. The van der Waals surface area contributed by atoms with E-state index in [9.17, 15) is 5.26 Å². The predicted molar refractivity (Wildman–Crippen MR) is 236 cm³/mol. The summed E-state index contributed by atoms with van der Waals surface area (Å²) in [5, 5.41) is 17.6. The Hall–Kier alpha value is -6.92. The molecule has 0 spiro atoms. The van der Waals surface area contributed by atoms with Crippen molar-refractivity contribution in [1.82, 2.24) is 9.13 Å². The third-order valence-electron chi connectivity index (χ3n) is 11.5. The molecule has 3 nitrogen and oxygen atoms in total. The lowest BCUT2D eigenvalue weighted by Crippen LogP contribution is -2.16. The van der Waals surface area contributed by atoms with Gasteiger partial charge in [0.15, 0.2) is 0 Å². The largest absolute Gasteiger partial charge is 0.420 e. The van der Waals surface area contributed by atoms with Crippen LogP contribution in [0, 0.1) is 11.3 Å². The first-order chi connectivity index (χ1) is 28.4. The smallest absolute Gasteiger partial charge is 0.307 e. The van der Waals surface area contributed by atoms with Crippen molar-refractivity contribution >= 4 is 107 Å². The molecule has 0 saturated heterocycles. The molecule has 274 valence electrons. The molecule has 4 aromatic heterocycles. The Morgan fingerprint density at radius 3 is 1.41 bits per heavy atom. The molecule has 12 rings (SSSR count). The summed E-state index contributed by atoms with van der Waals surface area (Å²) in [6, 6.07) is 52.7. The van der Waals surface area contributed by atoms with E-state index in [1.807, 2.05) is 88.0 Å². The Morgan fingerprint density at radius 1 is 0.448 bits per heavy atom. The highest BCUT2D eigenvalue weighted by molar-refractivity contribution is 7.27. The lowest BCUT2D eigenvalue weighted by atomic mass is 9.98. The molecule has 0 saturated carbocycles. The van der Waals surface area contributed by atoms with Crippen molar-refractivity contribution in [3.8, 4) is 28.6 Å². The molecule has 8 aromatic carbocycles. The molecule has 0 amide bonds. The summed E-state index contributed by atoms with van der Waals surface area (Å²) in [4.78, 5) is 0. The molecule has 0 aliphatic heterocycles.